The molecule has 2 nitrogen and oxygen atoms in total. The summed E-state index contributed by atoms with van der Waals surface area (Å²) in [4.78, 5) is 0. The van der Waals surface area contributed by atoms with Crippen LogP contribution in [0.15, 0.2) is 0 Å². The summed E-state index contributed by atoms with van der Waals surface area (Å²) in [6.07, 6.45) is 29.6. The minimum Gasteiger partial charge on any atom is -0.197 e. The molecule has 0 spiro atoms. The zero-order chi connectivity index (χ0) is 20.2. The van der Waals surface area contributed by atoms with E-state index in [2.05, 4.69) is 12.1 Å². The van der Waals surface area contributed by atoms with Crippen molar-refractivity contribution < 1.29 is 0 Å². The SMILES string of the molecule is N#CC1(C#N)CCCCCCCCCCCCCCCCCCCCCCC1. The van der Waals surface area contributed by atoms with Gasteiger partial charge in [-0.3, -0.25) is 0 Å². The van der Waals surface area contributed by atoms with Gasteiger partial charge in [0.15, 0.2) is 0 Å². The number of hydrogen-bond donors (Lipinski definition) is 0. The summed E-state index contributed by atoms with van der Waals surface area (Å²) < 4.78 is 0. The van der Waals surface area contributed by atoms with Crippen LogP contribution >= 0.6 is 0 Å². The molecule has 0 saturated heterocycles. The average molecular weight is 387 g/mol. The molecule has 0 heterocycles. The van der Waals surface area contributed by atoms with Crippen molar-refractivity contribution in [3.8, 4) is 12.1 Å². The highest BCUT2D eigenvalue weighted by Gasteiger charge is 2.28. The van der Waals surface area contributed by atoms with E-state index in [9.17, 15) is 10.5 Å². The zero-order valence-electron chi connectivity index (χ0n) is 18.7. The third-order valence-corrected chi connectivity index (χ3v) is 6.64. The molecule has 0 aromatic carbocycles. The molecule has 1 rings (SSSR count). The Morgan fingerprint density at radius 3 is 0.679 bits per heavy atom. The van der Waals surface area contributed by atoms with Gasteiger partial charge in [0.05, 0.1) is 12.1 Å². The molecular formula is C26H46N2. The van der Waals surface area contributed by atoms with Crippen molar-refractivity contribution in [1.82, 2.24) is 0 Å². The number of hydrogen-bond acceptors (Lipinski definition) is 2. The van der Waals surface area contributed by atoms with Gasteiger partial charge in [-0.05, 0) is 12.8 Å². The Hall–Kier alpha value is -1.02. The lowest BCUT2D eigenvalue weighted by atomic mass is 9.80. The van der Waals surface area contributed by atoms with Crippen LogP contribution in [0, 0.1) is 28.1 Å². The summed E-state index contributed by atoms with van der Waals surface area (Å²) in [5.74, 6) is 0. The molecule has 1 saturated carbocycles. The van der Waals surface area contributed by atoms with Crippen molar-refractivity contribution in [2.24, 2.45) is 5.41 Å². The van der Waals surface area contributed by atoms with Crippen molar-refractivity contribution in [3.63, 3.8) is 0 Å². The Kier molecular flexibility index (Phi) is 16.1. The standard InChI is InChI=1S/C26H46N2/c27-24-26(25-28)22-20-18-16-14-12-10-8-6-4-2-1-3-5-7-9-11-13-15-17-19-21-23-26/h1-23H2. The van der Waals surface area contributed by atoms with E-state index in [-0.39, 0.29) is 0 Å². The van der Waals surface area contributed by atoms with E-state index in [0.717, 1.165) is 25.7 Å². The highest BCUT2D eigenvalue weighted by Crippen LogP contribution is 2.30. The summed E-state index contributed by atoms with van der Waals surface area (Å²) in [7, 11) is 0. The van der Waals surface area contributed by atoms with E-state index >= 15 is 0 Å². The summed E-state index contributed by atoms with van der Waals surface area (Å²) in [5, 5.41) is 19.2. The van der Waals surface area contributed by atoms with Gasteiger partial charge >= 0.3 is 0 Å². The van der Waals surface area contributed by atoms with E-state index in [1.807, 2.05) is 0 Å². The first kappa shape index (κ1) is 25.0. The first-order chi connectivity index (χ1) is 13.8. The lowest BCUT2D eigenvalue weighted by Crippen LogP contribution is -2.16. The highest BCUT2D eigenvalue weighted by atomic mass is 14.4. The van der Waals surface area contributed by atoms with Crippen molar-refractivity contribution in [3.05, 3.63) is 0 Å². The molecule has 0 radical (unpaired) electrons. The van der Waals surface area contributed by atoms with Crippen LogP contribution in [0.3, 0.4) is 0 Å². The second-order valence-corrected chi connectivity index (χ2v) is 9.23. The topological polar surface area (TPSA) is 47.6 Å². The Labute approximate surface area is 176 Å². The van der Waals surface area contributed by atoms with Crippen LogP contribution in [-0.2, 0) is 0 Å². The van der Waals surface area contributed by atoms with Crippen molar-refractivity contribution in [2.75, 3.05) is 0 Å². The molecule has 1 aliphatic carbocycles. The second-order valence-electron chi connectivity index (χ2n) is 9.23. The van der Waals surface area contributed by atoms with Gasteiger partial charge in [-0.1, -0.05) is 135 Å². The van der Waals surface area contributed by atoms with Crippen molar-refractivity contribution in [2.45, 2.75) is 148 Å². The summed E-state index contributed by atoms with van der Waals surface area (Å²) in [6, 6.07) is 4.73. The van der Waals surface area contributed by atoms with Gasteiger partial charge < -0.3 is 0 Å². The molecule has 1 fully saturated rings. The van der Waals surface area contributed by atoms with Gasteiger partial charge in [0.1, 0.15) is 5.41 Å². The van der Waals surface area contributed by atoms with Crippen LogP contribution in [0.25, 0.3) is 0 Å². The Morgan fingerprint density at radius 1 is 0.321 bits per heavy atom. The number of rotatable bonds is 0. The van der Waals surface area contributed by atoms with Gasteiger partial charge in [0, 0.05) is 0 Å². The highest BCUT2D eigenvalue weighted by molar-refractivity contribution is 5.13. The number of nitrogens with zero attached hydrogens (tertiary/aromatic N) is 2. The minimum atomic E-state index is -0.715. The van der Waals surface area contributed by atoms with Crippen LogP contribution in [0.1, 0.15) is 148 Å². The average Bonchev–Trinajstić information content (AvgIpc) is 2.72. The first-order valence-corrected chi connectivity index (χ1v) is 12.7. The maximum atomic E-state index is 9.58. The molecule has 1 aliphatic rings. The molecule has 0 unspecified atom stereocenters. The predicted molar refractivity (Wildman–Crippen MR) is 120 cm³/mol. The minimum absolute atomic E-state index is 0.715. The first-order valence-electron chi connectivity index (χ1n) is 12.7. The van der Waals surface area contributed by atoms with Gasteiger partial charge in [-0.2, -0.15) is 10.5 Å². The molecule has 0 atom stereocenters. The van der Waals surface area contributed by atoms with Crippen LogP contribution in [0.5, 0.6) is 0 Å². The van der Waals surface area contributed by atoms with Crippen LogP contribution in [0.2, 0.25) is 0 Å². The molecule has 0 aromatic rings. The van der Waals surface area contributed by atoms with E-state index in [0.29, 0.717) is 0 Å². The monoisotopic (exact) mass is 386 g/mol. The fourth-order valence-electron chi connectivity index (χ4n) is 4.59. The third kappa shape index (κ3) is 13.2. The fourth-order valence-corrected chi connectivity index (χ4v) is 4.59. The van der Waals surface area contributed by atoms with Gasteiger partial charge in [0.2, 0.25) is 0 Å². The van der Waals surface area contributed by atoms with E-state index in [4.69, 9.17) is 0 Å². The van der Waals surface area contributed by atoms with Crippen LogP contribution in [0.4, 0.5) is 0 Å². The van der Waals surface area contributed by atoms with Crippen molar-refractivity contribution in [1.29, 1.82) is 10.5 Å². The normalized spacial score (nSPS) is 23.5. The Bertz CT molecular complexity index is 389. The summed E-state index contributed by atoms with van der Waals surface area (Å²) in [5.41, 5.74) is -0.715. The molecule has 0 aliphatic heterocycles. The lowest BCUT2D eigenvalue weighted by Gasteiger charge is -2.18. The fraction of sp³-hybridized carbons (Fsp3) is 0.923. The molecule has 0 N–H and O–H groups in total. The summed E-state index contributed by atoms with van der Waals surface area (Å²) in [6.45, 7) is 0. The molecule has 28 heavy (non-hydrogen) atoms. The quantitative estimate of drug-likeness (QED) is 0.417. The molecule has 2 heteroatoms. The zero-order valence-corrected chi connectivity index (χ0v) is 18.7. The molecule has 0 amide bonds. The Morgan fingerprint density at radius 2 is 0.500 bits per heavy atom. The molecule has 0 aromatic heterocycles. The second kappa shape index (κ2) is 18.0. The predicted octanol–water partition coefficient (Wildman–Crippen LogP) is 9.01. The van der Waals surface area contributed by atoms with Gasteiger partial charge in [0.25, 0.3) is 0 Å². The Balaban J connectivity index is 2.29. The molecule has 160 valence electrons. The van der Waals surface area contributed by atoms with E-state index in [1.165, 1.54) is 122 Å². The van der Waals surface area contributed by atoms with E-state index in [1.54, 1.807) is 0 Å². The summed E-state index contributed by atoms with van der Waals surface area (Å²) >= 11 is 0. The van der Waals surface area contributed by atoms with Gasteiger partial charge in [-0.25, -0.2) is 0 Å². The van der Waals surface area contributed by atoms with Crippen LogP contribution < -0.4 is 0 Å². The smallest absolute Gasteiger partial charge is 0.143 e. The molecular weight excluding hydrogens is 340 g/mol. The largest absolute Gasteiger partial charge is 0.197 e. The van der Waals surface area contributed by atoms with Crippen molar-refractivity contribution >= 4 is 0 Å². The number of nitriles is 2. The molecule has 0 bridgehead atoms. The third-order valence-electron chi connectivity index (χ3n) is 6.64. The lowest BCUT2D eigenvalue weighted by molar-refractivity contribution is 0.390. The maximum Gasteiger partial charge on any atom is 0.143 e. The van der Waals surface area contributed by atoms with E-state index < -0.39 is 5.41 Å². The van der Waals surface area contributed by atoms with Gasteiger partial charge in [-0.15, -0.1) is 0 Å². The maximum absolute atomic E-state index is 9.58. The van der Waals surface area contributed by atoms with Crippen LogP contribution in [-0.4, -0.2) is 0 Å².